The van der Waals surface area contributed by atoms with Crippen LogP contribution in [0.4, 0.5) is 4.39 Å². The summed E-state index contributed by atoms with van der Waals surface area (Å²) < 4.78 is 13.9. The minimum Gasteiger partial charge on any atom is -0.349 e. The van der Waals surface area contributed by atoms with Crippen LogP contribution >= 0.6 is 15.9 Å². The van der Waals surface area contributed by atoms with Crippen molar-refractivity contribution in [2.75, 3.05) is 0 Å². The second-order valence-electron chi connectivity index (χ2n) is 4.88. The molecule has 1 unspecified atom stereocenters. The summed E-state index contributed by atoms with van der Waals surface area (Å²) in [5, 5.41) is 3.02. The second-order valence-corrected chi connectivity index (χ2v) is 5.80. The van der Waals surface area contributed by atoms with Crippen LogP contribution in [0.15, 0.2) is 53.0 Å². The smallest absolute Gasteiger partial charge is 0.224 e. The third-order valence-corrected chi connectivity index (χ3v) is 3.82. The minimum absolute atomic E-state index is 0.00829. The molecule has 1 amide bonds. The highest BCUT2D eigenvalue weighted by Gasteiger charge is 2.13. The normalized spacial score (nSPS) is 12.0. The third-order valence-electron chi connectivity index (χ3n) is 3.29. The van der Waals surface area contributed by atoms with Gasteiger partial charge in [-0.3, -0.25) is 4.79 Å². The van der Waals surface area contributed by atoms with Crippen LogP contribution in [0.2, 0.25) is 0 Å². The number of carbonyl (C=O) groups excluding carboxylic acids is 1. The molecule has 2 aromatic carbocycles. The van der Waals surface area contributed by atoms with Crippen molar-refractivity contribution >= 4 is 21.8 Å². The van der Waals surface area contributed by atoms with Gasteiger partial charge in [-0.2, -0.15) is 0 Å². The molecule has 1 atom stereocenters. The standard InChI is InChI=1S/C17H17BrFNO/c1-2-16(13-5-7-14(18)8-6-13)20-17(21)11-12-3-9-15(19)10-4-12/h3-10,16H,2,11H2,1H3,(H,20,21). The predicted octanol–water partition coefficient (Wildman–Crippen LogP) is 4.40. The van der Waals surface area contributed by atoms with Gasteiger partial charge >= 0.3 is 0 Å². The first kappa shape index (κ1) is 15.7. The van der Waals surface area contributed by atoms with Crippen LogP contribution < -0.4 is 5.32 Å². The van der Waals surface area contributed by atoms with Gasteiger partial charge in [0, 0.05) is 4.47 Å². The molecule has 0 saturated heterocycles. The lowest BCUT2D eigenvalue weighted by atomic mass is 10.0. The van der Waals surface area contributed by atoms with Crippen molar-refractivity contribution in [3.8, 4) is 0 Å². The summed E-state index contributed by atoms with van der Waals surface area (Å²) in [6, 6.07) is 13.9. The Balaban J connectivity index is 1.99. The number of amides is 1. The average Bonchev–Trinajstić information content (AvgIpc) is 2.48. The summed E-state index contributed by atoms with van der Waals surface area (Å²) in [6.07, 6.45) is 1.07. The molecule has 1 N–H and O–H groups in total. The summed E-state index contributed by atoms with van der Waals surface area (Å²) in [5.74, 6) is -0.350. The van der Waals surface area contributed by atoms with Crippen molar-refractivity contribution in [1.29, 1.82) is 0 Å². The molecule has 0 aliphatic rings. The Labute approximate surface area is 132 Å². The lowest BCUT2D eigenvalue weighted by molar-refractivity contribution is -0.121. The Hall–Kier alpha value is -1.68. The Kier molecular flexibility index (Phi) is 5.51. The van der Waals surface area contributed by atoms with Crippen molar-refractivity contribution in [3.63, 3.8) is 0 Å². The molecule has 0 fully saturated rings. The monoisotopic (exact) mass is 349 g/mol. The van der Waals surface area contributed by atoms with E-state index in [9.17, 15) is 9.18 Å². The molecule has 0 aromatic heterocycles. The Morgan fingerprint density at radius 1 is 1.14 bits per heavy atom. The summed E-state index contributed by atoms with van der Waals surface area (Å²) in [7, 11) is 0. The fourth-order valence-electron chi connectivity index (χ4n) is 2.15. The number of halogens is 2. The number of hydrogen-bond donors (Lipinski definition) is 1. The fourth-order valence-corrected chi connectivity index (χ4v) is 2.41. The number of rotatable bonds is 5. The molecular formula is C17H17BrFNO. The molecule has 0 aliphatic heterocycles. The molecule has 4 heteroatoms. The molecule has 0 heterocycles. The lowest BCUT2D eigenvalue weighted by Crippen LogP contribution is -2.29. The van der Waals surface area contributed by atoms with Gasteiger partial charge in [-0.25, -0.2) is 4.39 Å². The van der Waals surface area contributed by atoms with Gasteiger partial charge in [0.05, 0.1) is 12.5 Å². The maximum atomic E-state index is 12.8. The zero-order valence-corrected chi connectivity index (χ0v) is 13.4. The number of hydrogen-bond acceptors (Lipinski definition) is 1. The zero-order valence-electron chi connectivity index (χ0n) is 11.8. The van der Waals surface area contributed by atoms with E-state index in [1.807, 2.05) is 31.2 Å². The van der Waals surface area contributed by atoms with Gasteiger partial charge in [-0.15, -0.1) is 0 Å². The predicted molar refractivity (Wildman–Crippen MR) is 85.4 cm³/mol. The number of benzene rings is 2. The van der Waals surface area contributed by atoms with E-state index in [2.05, 4.69) is 21.2 Å². The van der Waals surface area contributed by atoms with Crippen LogP contribution in [0.25, 0.3) is 0 Å². The SMILES string of the molecule is CCC(NC(=O)Cc1ccc(F)cc1)c1ccc(Br)cc1. The lowest BCUT2D eigenvalue weighted by Gasteiger charge is -2.17. The van der Waals surface area contributed by atoms with Crippen LogP contribution in [0.1, 0.15) is 30.5 Å². The van der Waals surface area contributed by atoms with Gasteiger partial charge in [-0.1, -0.05) is 47.1 Å². The van der Waals surface area contributed by atoms with Gasteiger partial charge in [0.2, 0.25) is 5.91 Å². The highest BCUT2D eigenvalue weighted by Crippen LogP contribution is 2.19. The molecule has 0 bridgehead atoms. The first-order valence-corrected chi connectivity index (χ1v) is 7.67. The van der Waals surface area contributed by atoms with Crippen molar-refractivity contribution in [2.45, 2.75) is 25.8 Å². The summed E-state index contributed by atoms with van der Waals surface area (Å²) in [6.45, 7) is 2.03. The van der Waals surface area contributed by atoms with E-state index in [0.29, 0.717) is 0 Å². The van der Waals surface area contributed by atoms with Crippen LogP contribution in [0, 0.1) is 5.82 Å². The molecule has 110 valence electrons. The van der Waals surface area contributed by atoms with Gasteiger partial charge in [-0.05, 0) is 41.8 Å². The Morgan fingerprint density at radius 3 is 2.33 bits per heavy atom. The minimum atomic E-state index is -0.291. The van der Waals surface area contributed by atoms with E-state index >= 15 is 0 Å². The second kappa shape index (κ2) is 7.36. The highest BCUT2D eigenvalue weighted by atomic mass is 79.9. The quantitative estimate of drug-likeness (QED) is 0.851. The summed E-state index contributed by atoms with van der Waals surface area (Å²) in [4.78, 5) is 12.1. The fraction of sp³-hybridized carbons (Fsp3) is 0.235. The van der Waals surface area contributed by atoms with E-state index in [4.69, 9.17) is 0 Å². The van der Waals surface area contributed by atoms with Crippen molar-refractivity contribution in [3.05, 3.63) is 69.9 Å². The first-order chi connectivity index (χ1) is 10.1. The molecule has 2 aromatic rings. The largest absolute Gasteiger partial charge is 0.349 e. The maximum absolute atomic E-state index is 12.8. The van der Waals surface area contributed by atoms with Gasteiger partial charge in [0.15, 0.2) is 0 Å². The third kappa shape index (κ3) is 4.67. The average molecular weight is 350 g/mol. The topological polar surface area (TPSA) is 29.1 Å². The molecule has 21 heavy (non-hydrogen) atoms. The summed E-state index contributed by atoms with van der Waals surface area (Å²) >= 11 is 3.40. The van der Waals surface area contributed by atoms with E-state index in [-0.39, 0.29) is 24.2 Å². The molecular weight excluding hydrogens is 333 g/mol. The molecule has 0 spiro atoms. The summed E-state index contributed by atoms with van der Waals surface area (Å²) in [5.41, 5.74) is 1.88. The zero-order chi connectivity index (χ0) is 15.2. The van der Waals surface area contributed by atoms with Crippen LogP contribution in [0.5, 0.6) is 0 Å². The van der Waals surface area contributed by atoms with Crippen molar-refractivity contribution in [2.24, 2.45) is 0 Å². The Bertz CT molecular complexity index is 595. The van der Waals surface area contributed by atoms with Crippen molar-refractivity contribution in [1.82, 2.24) is 5.32 Å². The molecule has 0 saturated carbocycles. The molecule has 2 rings (SSSR count). The highest BCUT2D eigenvalue weighted by molar-refractivity contribution is 9.10. The van der Waals surface area contributed by atoms with Crippen LogP contribution in [0.3, 0.4) is 0 Å². The molecule has 2 nitrogen and oxygen atoms in total. The molecule has 0 aliphatic carbocycles. The van der Waals surface area contributed by atoms with E-state index in [0.717, 1.165) is 22.0 Å². The van der Waals surface area contributed by atoms with Gasteiger partial charge < -0.3 is 5.32 Å². The van der Waals surface area contributed by atoms with E-state index < -0.39 is 0 Å². The van der Waals surface area contributed by atoms with Crippen molar-refractivity contribution < 1.29 is 9.18 Å². The van der Waals surface area contributed by atoms with Crippen LogP contribution in [-0.2, 0) is 11.2 Å². The maximum Gasteiger partial charge on any atom is 0.224 e. The number of nitrogens with one attached hydrogen (secondary N) is 1. The van der Waals surface area contributed by atoms with Crippen LogP contribution in [-0.4, -0.2) is 5.91 Å². The van der Waals surface area contributed by atoms with E-state index in [1.54, 1.807) is 12.1 Å². The molecule has 0 radical (unpaired) electrons. The van der Waals surface area contributed by atoms with E-state index in [1.165, 1.54) is 12.1 Å². The number of carbonyl (C=O) groups is 1. The Morgan fingerprint density at radius 2 is 1.76 bits per heavy atom. The van der Waals surface area contributed by atoms with Gasteiger partial charge in [0.25, 0.3) is 0 Å². The first-order valence-electron chi connectivity index (χ1n) is 6.87. The van der Waals surface area contributed by atoms with Gasteiger partial charge in [0.1, 0.15) is 5.82 Å².